The van der Waals surface area contributed by atoms with E-state index in [1.165, 1.54) is 9.08 Å². The summed E-state index contributed by atoms with van der Waals surface area (Å²) >= 11 is 0. The molecule has 44 heavy (non-hydrogen) atoms. The van der Waals surface area contributed by atoms with Crippen LogP contribution in [0.2, 0.25) is 0 Å². The third-order valence-corrected chi connectivity index (χ3v) is 7.66. The van der Waals surface area contributed by atoms with Crippen LogP contribution < -0.4 is 25.8 Å². The number of methoxy groups -OCH3 is 2. The lowest BCUT2D eigenvalue weighted by atomic mass is 9.89. The third-order valence-electron chi connectivity index (χ3n) is 7.66. The minimum atomic E-state index is -0.961. The fraction of sp³-hybridized carbons (Fsp3) is 0.258. The number of anilines is 3. The van der Waals surface area contributed by atoms with Crippen LogP contribution in [0.25, 0.3) is 11.5 Å². The second-order valence-electron chi connectivity index (χ2n) is 10.4. The Morgan fingerprint density at radius 3 is 2.61 bits per heavy atom. The summed E-state index contributed by atoms with van der Waals surface area (Å²) in [6.45, 7) is 0.418. The van der Waals surface area contributed by atoms with Gasteiger partial charge in [-0.25, -0.2) is 9.97 Å². The molecule has 1 aliphatic carbocycles. The molecule has 1 fully saturated rings. The van der Waals surface area contributed by atoms with Crippen LogP contribution in [0.4, 0.5) is 21.7 Å². The fourth-order valence-corrected chi connectivity index (χ4v) is 5.15. The predicted molar refractivity (Wildman–Crippen MR) is 162 cm³/mol. The Hall–Kier alpha value is -5.30. The summed E-state index contributed by atoms with van der Waals surface area (Å²) in [5, 5.41) is 9.99. The van der Waals surface area contributed by atoms with Gasteiger partial charge in [0, 0.05) is 39.2 Å². The zero-order valence-electron chi connectivity index (χ0n) is 24.4. The van der Waals surface area contributed by atoms with Crippen molar-refractivity contribution in [2.45, 2.75) is 31.5 Å². The number of ether oxygens (including phenoxy) is 2. The Morgan fingerprint density at radius 2 is 1.93 bits per heavy atom. The van der Waals surface area contributed by atoms with Crippen LogP contribution in [0.1, 0.15) is 28.8 Å². The molecule has 12 nitrogen and oxygen atoms in total. The van der Waals surface area contributed by atoms with Gasteiger partial charge >= 0.3 is 0 Å². The largest absolute Gasteiger partial charge is 0.497 e. The summed E-state index contributed by atoms with van der Waals surface area (Å²) in [5.74, 6) is 0.224. The summed E-state index contributed by atoms with van der Waals surface area (Å²) in [7, 11) is 4.99. The number of carbonyl (C=O) groups is 1. The quantitative estimate of drug-likeness (QED) is 0.247. The normalized spacial score (nSPS) is 15.9. The molecule has 1 saturated carbocycles. The van der Waals surface area contributed by atoms with Crippen molar-refractivity contribution < 1.29 is 18.7 Å². The number of hydrogen-bond acceptors (Lipinski definition) is 9. The first kappa shape index (κ1) is 28.8. The lowest BCUT2D eigenvalue weighted by Crippen LogP contribution is -2.51. The Kier molecular flexibility index (Phi) is 7.94. The van der Waals surface area contributed by atoms with Crippen LogP contribution in [0, 0.1) is 5.95 Å². The van der Waals surface area contributed by atoms with Gasteiger partial charge in [-0.15, -0.1) is 5.10 Å². The molecule has 13 heteroatoms. The van der Waals surface area contributed by atoms with Gasteiger partial charge in [0.2, 0.25) is 5.95 Å². The molecule has 2 N–H and O–H groups in total. The van der Waals surface area contributed by atoms with Crippen molar-refractivity contribution in [1.82, 2.24) is 29.5 Å². The number of aromatic nitrogens is 5. The average Bonchev–Trinajstić information content (AvgIpc) is 3.36. The fourth-order valence-electron chi connectivity index (χ4n) is 5.15. The van der Waals surface area contributed by atoms with Crippen molar-refractivity contribution in [1.29, 1.82) is 0 Å². The molecule has 226 valence electrons. The van der Waals surface area contributed by atoms with E-state index >= 15 is 4.39 Å². The van der Waals surface area contributed by atoms with Crippen LogP contribution in [0.15, 0.2) is 77.9 Å². The number of halogens is 1. The van der Waals surface area contributed by atoms with E-state index in [1.54, 1.807) is 63.0 Å². The van der Waals surface area contributed by atoms with Gasteiger partial charge in [0.25, 0.3) is 11.5 Å². The van der Waals surface area contributed by atoms with Crippen LogP contribution >= 0.6 is 0 Å². The lowest BCUT2D eigenvalue weighted by molar-refractivity contribution is 0.00725. The van der Waals surface area contributed by atoms with Crippen LogP contribution in [-0.2, 0) is 11.3 Å². The van der Waals surface area contributed by atoms with E-state index in [4.69, 9.17) is 9.47 Å². The van der Waals surface area contributed by atoms with Gasteiger partial charge in [0.05, 0.1) is 19.3 Å². The van der Waals surface area contributed by atoms with Gasteiger partial charge in [0.1, 0.15) is 34.5 Å². The van der Waals surface area contributed by atoms with E-state index in [9.17, 15) is 9.59 Å². The molecule has 5 aromatic rings. The van der Waals surface area contributed by atoms with Crippen LogP contribution in [-0.4, -0.2) is 63.5 Å². The van der Waals surface area contributed by atoms with Gasteiger partial charge in [-0.2, -0.15) is 8.91 Å². The molecular weight excluding hydrogens is 567 g/mol. The Labute approximate surface area is 252 Å². The van der Waals surface area contributed by atoms with E-state index in [-0.39, 0.29) is 40.4 Å². The van der Waals surface area contributed by atoms with Gasteiger partial charge in [-0.3, -0.25) is 14.2 Å². The lowest BCUT2D eigenvalue weighted by Gasteiger charge is -2.35. The number of nitrogens with one attached hydrogen (secondary N) is 2. The number of amides is 1. The molecule has 0 spiro atoms. The maximum absolute atomic E-state index is 15.4. The molecule has 0 aliphatic heterocycles. The number of carbonyl (C=O) groups excluding carboxylic acids is 1. The number of nitrogens with zero attached hydrogens (tertiary/aromatic N) is 6. The summed E-state index contributed by atoms with van der Waals surface area (Å²) in [5.41, 5.74) is 0.496. The van der Waals surface area contributed by atoms with Gasteiger partial charge in [-0.05, 0) is 54.8 Å². The van der Waals surface area contributed by atoms with Gasteiger partial charge in [-0.1, -0.05) is 18.2 Å². The summed E-state index contributed by atoms with van der Waals surface area (Å²) in [6, 6.07) is 17.5. The first-order chi connectivity index (χ1) is 21.4. The van der Waals surface area contributed by atoms with Crippen molar-refractivity contribution in [3.63, 3.8) is 0 Å². The highest BCUT2D eigenvalue weighted by molar-refractivity contribution is 6.00. The third kappa shape index (κ3) is 5.56. The molecule has 4 heterocycles. The average molecular weight is 599 g/mol. The highest BCUT2D eigenvalue weighted by Gasteiger charge is 2.34. The number of hydrogen-bond donors (Lipinski definition) is 2. The highest BCUT2D eigenvalue weighted by Crippen LogP contribution is 2.28. The smallest absolute Gasteiger partial charge is 0.279 e. The molecule has 1 aromatic carbocycles. The molecule has 1 amide bonds. The van der Waals surface area contributed by atoms with Crippen LogP contribution in [0.3, 0.4) is 0 Å². The molecule has 4 aromatic heterocycles. The molecular formula is C31H31FN8O4. The number of fused-ring (bicyclic) bond motifs is 1. The van der Waals surface area contributed by atoms with Crippen molar-refractivity contribution in [2.24, 2.45) is 0 Å². The van der Waals surface area contributed by atoms with Crippen molar-refractivity contribution in [2.75, 3.05) is 31.5 Å². The topological polar surface area (TPSA) is 128 Å². The first-order valence-electron chi connectivity index (χ1n) is 14.0. The molecule has 0 saturated heterocycles. The Bertz CT molecular complexity index is 1860. The second-order valence-corrected chi connectivity index (χ2v) is 10.4. The molecule has 0 bridgehead atoms. The van der Waals surface area contributed by atoms with Crippen molar-refractivity contribution in [3.05, 3.63) is 100 Å². The number of pyridine rings is 2. The SMILES string of the molecule is COc1ccc(CN(C)c2cc(Nc3cccn(-c4ccccn4)c3=O)nc3c(C(=O)N[C@@H]4CC[C@H]4OC)c(F)nn23)cc1. The molecule has 2 atom stereocenters. The number of benzene rings is 1. The van der Waals surface area contributed by atoms with Gasteiger partial charge in [0.15, 0.2) is 5.65 Å². The van der Waals surface area contributed by atoms with E-state index in [0.717, 1.165) is 24.2 Å². The summed E-state index contributed by atoms with van der Waals surface area (Å²) < 4.78 is 28.8. The number of rotatable bonds is 10. The molecule has 6 rings (SSSR count). The van der Waals surface area contributed by atoms with E-state index < -0.39 is 11.9 Å². The zero-order chi connectivity index (χ0) is 30.8. The Morgan fingerprint density at radius 1 is 1.11 bits per heavy atom. The monoisotopic (exact) mass is 598 g/mol. The first-order valence-corrected chi connectivity index (χ1v) is 14.0. The van der Waals surface area contributed by atoms with Crippen molar-refractivity contribution in [3.8, 4) is 11.6 Å². The maximum atomic E-state index is 15.4. The van der Waals surface area contributed by atoms with Gasteiger partial charge < -0.3 is 25.0 Å². The minimum Gasteiger partial charge on any atom is -0.497 e. The second kappa shape index (κ2) is 12.1. The maximum Gasteiger partial charge on any atom is 0.279 e. The highest BCUT2D eigenvalue weighted by atomic mass is 19.1. The van der Waals surface area contributed by atoms with E-state index in [1.807, 2.05) is 36.2 Å². The van der Waals surface area contributed by atoms with Crippen LogP contribution in [0.5, 0.6) is 5.75 Å². The summed E-state index contributed by atoms with van der Waals surface area (Å²) in [4.78, 5) is 37.4. The van der Waals surface area contributed by atoms with Crippen molar-refractivity contribution >= 4 is 28.9 Å². The zero-order valence-corrected chi connectivity index (χ0v) is 24.4. The molecule has 0 radical (unpaired) electrons. The standard InChI is InChI=1S/C31H31FN8O4/c1-38(18-19-9-11-20(43-2)12-10-19)26-17-24(34-22-7-6-16-39(31(22)42)25-8-4-5-15-33-25)36-29-27(28(32)37-40(26)29)30(41)35-21-13-14-23(21)44-3/h4-12,15-17,21,23H,13-14,18H2,1-3H3,(H,34,36)(H,35,41)/t21-,23-/m1/s1. The Balaban J connectivity index is 1.41. The molecule has 1 aliphatic rings. The van der Waals surface area contributed by atoms with E-state index in [2.05, 4.69) is 25.7 Å². The predicted octanol–water partition coefficient (Wildman–Crippen LogP) is 3.71. The summed E-state index contributed by atoms with van der Waals surface area (Å²) in [6.07, 6.45) is 4.60. The van der Waals surface area contributed by atoms with E-state index in [0.29, 0.717) is 18.2 Å². The minimum absolute atomic E-state index is 0.00384. The molecule has 0 unspecified atom stereocenters.